The summed E-state index contributed by atoms with van der Waals surface area (Å²) in [5.74, 6) is -5.77. The average molecular weight is 407 g/mol. The Morgan fingerprint density at radius 2 is 1.83 bits per heavy atom. The van der Waals surface area contributed by atoms with Gasteiger partial charge in [-0.1, -0.05) is 49.2 Å². The van der Waals surface area contributed by atoms with E-state index in [2.05, 4.69) is 0 Å². The van der Waals surface area contributed by atoms with Crippen molar-refractivity contribution in [3.05, 3.63) is 48.0 Å². The van der Waals surface area contributed by atoms with E-state index < -0.39 is 17.7 Å². The number of hydrogen-bond donors (Lipinski definition) is 1. The summed E-state index contributed by atoms with van der Waals surface area (Å²) in [6.07, 6.45) is 7.01. The molecular weight excluding hydrogens is 380 g/mol. The summed E-state index contributed by atoms with van der Waals surface area (Å²) in [5.41, 5.74) is -0.354. The molecule has 0 unspecified atom stereocenters. The van der Waals surface area contributed by atoms with Crippen molar-refractivity contribution in [3.8, 4) is 0 Å². The second kappa shape index (κ2) is 10.8. The Hall–Kier alpha value is -2.57. The van der Waals surface area contributed by atoms with Crippen LogP contribution in [-0.4, -0.2) is 40.3 Å². The highest BCUT2D eigenvalue weighted by molar-refractivity contribution is 5.96. The van der Waals surface area contributed by atoms with Gasteiger partial charge in [-0.25, -0.2) is 0 Å². The molecule has 0 spiro atoms. The first-order valence-corrected chi connectivity index (χ1v) is 9.99. The van der Waals surface area contributed by atoms with E-state index in [1.165, 1.54) is 30.3 Å². The van der Waals surface area contributed by atoms with E-state index in [9.17, 15) is 23.2 Å². The third-order valence-electron chi connectivity index (χ3n) is 5.07. The molecule has 158 valence electrons. The average Bonchev–Trinajstić information content (AvgIpc) is 2.70. The fourth-order valence-corrected chi connectivity index (χ4v) is 3.44. The Morgan fingerprint density at radius 1 is 1.14 bits per heavy atom. The lowest BCUT2D eigenvalue weighted by Gasteiger charge is -2.34. The van der Waals surface area contributed by atoms with Gasteiger partial charge < -0.3 is 10.0 Å². The Balaban J connectivity index is 1.93. The van der Waals surface area contributed by atoms with Crippen LogP contribution in [0.5, 0.6) is 0 Å². The summed E-state index contributed by atoms with van der Waals surface area (Å²) in [5, 5.41) is 8.64. The molecule has 0 aromatic heterocycles. The summed E-state index contributed by atoms with van der Waals surface area (Å²) < 4.78 is 28.7. The monoisotopic (exact) mass is 407 g/mol. The van der Waals surface area contributed by atoms with Crippen LogP contribution in [0.25, 0.3) is 0 Å². The summed E-state index contributed by atoms with van der Waals surface area (Å²) in [6, 6.07) is 6.58. The maximum absolute atomic E-state index is 14.3. The highest BCUT2D eigenvalue weighted by Crippen LogP contribution is 2.29. The number of carbonyl (C=O) groups excluding carboxylic acids is 2. The number of rotatable bonds is 11. The lowest BCUT2D eigenvalue weighted by atomic mass is 9.98. The fraction of sp³-hybridized carbons (Fsp3) is 0.500. The van der Waals surface area contributed by atoms with Gasteiger partial charge in [0.1, 0.15) is 0 Å². The minimum absolute atomic E-state index is 0.0429. The zero-order valence-corrected chi connectivity index (χ0v) is 16.4. The Bertz CT molecular complexity index is 734. The van der Waals surface area contributed by atoms with Crippen LogP contribution in [-0.2, 0) is 20.3 Å². The highest BCUT2D eigenvalue weighted by Gasteiger charge is 2.39. The number of aliphatic carboxylic acids is 1. The summed E-state index contributed by atoms with van der Waals surface area (Å²) in [6.45, 7) is 0.476. The largest absolute Gasteiger partial charge is 0.481 e. The van der Waals surface area contributed by atoms with E-state index in [0.29, 0.717) is 38.6 Å². The van der Waals surface area contributed by atoms with Crippen LogP contribution in [0.1, 0.15) is 56.9 Å². The molecule has 1 aliphatic rings. The second-order valence-corrected chi connectivity index (χ2v) is 7.27. The molecular formula is C22H27F2NO4. The van der Waals surface area contributed by atoms with Crippen molar-refractivity contribution in [2.24, 2.45) is 0 Å². The summed E-state index contributed by atoms with van der Waals surface area (Å²) in [4.78, 5) is 36.5. The number of ketones is 1. The highest BCUT2D eigenvalue weighted by atomic mass is 19.3. The van der Waals surface area contributed by atoms with Crippen LogP contribution in [0.4, 0.5) is 8.78 Å². The number of alkyl halides is 2. The molecule has 1 aromatic rings. The van der Waals surface area contributed by atoms with Crippen LogP contribution in [0, 0.1) is 0 Å². The number of amides is 1. The van der Waals surface area contributed by atoms with Gasteiger partial charge in [0.15, 0.2) is 0 Å². The molecule has 1 amide bonds. The lowest BCUT2D eigenvalue weighted by molar-refractivity contribution is -0.139. The number of carboxylic acid groups (broad SMARTS) is 1. The SMILES string of the molecule is O=C(O)CCCCCCN1C(=O)CCC[C@@H]1/C=C/C(=O)C(F)(F)c1ccccc1. The molecule has 0 bridgehead atoms. The van der Waals surface area contributed by atoms with Crippen LogP contribution in [0.15, 0.2) is 42.5 Å². The van der Waals surface area contributed by atoms with Crippen molar-refractivity contribution in [3.63, 3.8) is 0 Å². The maximum Gasteiger partial charge on any atom is 0.334 e. The molecule has 1 aliphatic heterocycles. The van der Waals surface area contributed by atoms with E-state index in [0.717, 1.165) is 18.9 Å². The number of benzene rings is 1. The van der Waals surface area contributed by atoms with Gasteiger partial charge in [0, 0.05) is 24.9 Å². The number of nitrogens with zero attached hydrogens (tertiary/aromatic N) is 1. The van der Waals surface area contributed by atoms with Crippen LogP contribution in [0.3, 0.4) is 0 Å². The van der Waals surface area contributed by atoms with Crippen LogP contribution < -0.4 is 0 Å². The Labute approximate surface area is 169 Å². The van der Waals surface area contributed by atoms with Crippen molar-refractivity contribution < 1.29 is 28.3 Å². The lowest BCUT2D eigenvalue weighted by Crippen LogP contribution is -2.43. The summed E-state index contributed by atoms with van der Waals surface area (Å²) in [7, 11) is 0. The Kier molecular flexibility index (Phi) is 8.49. The molecule has 0 aliphatic carbocycles. The van der Waals surface area contributed by atoms with Gasteiger partial charge in [0.25, 0.3) is 0 Å². The number of unbranched alkanes of at least 4 members (excludes halogenated alkanes) is 3. The van der Waals surface area contributed by atoms with Gasteiger partial charge in [0.2, 0.25) is 11.7 Å². The predicted octanol–water partition coefficient (Wildman–Crippen LogP) is 4.32. The molecule has 29 heavy (non-hydrogen) atoms. The molecule has 1 heterocycles. The number of allylic oxidation sites excluding steroid dienone is 1. The van der Waals surface area contributed by atoms with E-state index >= 15 is 0 Å². The third kappa shape index (κ3) is 6.76. The molecule has 2 rings (SSSR count). The number of carboxylic acids is 1. The number of likely N-dealkylation sites (tertiary alicyclic amines) is 1. The smallest absolute Gasteiger partial charge is 0.334 e. The van der Waals surface area contributed by atoms with Crippen LogP contribution in [0.2, 0.25) is 0 Å². The zero-order chi connectivity index (χ0) is 21.3. The number of halogens is 2. The maximum atomic E-state index is 14.3. The normalized spacial score (nSPS) is 17.7. The second-order valence-electron chi connectivity index (χ2n) is 7.27. The van der Waals surface area contributed by atoms with Crippen molar-refractivity contribution in [1.29, 1.82) is 0 Å². The molecule has 0 saturated carbocycles. The zero-order valence-electron chi connectivity index (χ0n) is 16.4. The molecule has 7 heteroatoms. The predicted molar refractivity (Wildman–Crippen MR) is 105 cm³/mol. The van der Waals surface area contributed by atoms with E-state index in [1.807, 2.05) is 0 Å². The molecule has 0 radical (unpaired) electrons. The van der Waals surface area contributed by atoms with Crippen molar-refractivity contribution in [1.82, 2.24) is 4.90 Å². The summed E-state index contributed by atoms with van der Waals surface area (Å²) >= 11 is 0. The van der Waals surface area contributed by atoms with Crippen molar-refractivity contribution >= 4 is 17.7 Å². The molecule has 1 N–H and O–H groups in total. The first kappa shape index (κ1) is 22.7. The standard InChI is InChI=1S/C22H27F2NO4/c23-22(24,17-9-4-3-5-10-17)19(26)15-14-18-11-8-12-20(27)25(18)16-7-2-1-6-13-21(28)29/h3-5,9-10,14-15,18H,1-2,6-8,11-13,16H2,(H,28,29)/b15-14+/t18-/m1/s1. The quantitative estimate of drug-likeness (QED) is 0.438. The van der Waals surface area contributed by atoms with E-state index in [1.54, 1.807) is 11.0 Å². The third-order valence-corrected chi connectivity index (χ3v) is 5.07. The number of carbonyl (C=O) groups is 3. The van der Waals surface area contributed by atoms with Gasteiger partial charge in [-0.3, -0.25) is 14.4 Å². The van der Waals surface area contributed by atoms with E-state index in [-0.39, 0.29) is 23.9 Å². The minimum Gasteiger partial charge on any atom is -0.481 e. The van der Waals surface area contributed by atoms with Crippen molar-refractivity contribution in [2.75, 3.05) is 6.54 Å². The van der Waals surface area contributed by atoms with Gasteiger partial charge >= 0.3 is 11.9 Å². The molecule has 5 nitrogen and oxygen atoms in total. The topological polar surface area (TPSA) is 74.7 Å². The van der Waals surface area contributed by atoms with Gasteiger partial charge in [-0.15, -0.1) is 0 Å². The minimum atomic E-state index is -3.61. The van der Waals surface area contributed by atoms with Gasteiger partial charge in [-0.05, 0) is 31.8 Å². The van der Waals surface area contributed by atoms with E-state index in [4.69, 9.17) is 5.11 Å². The number of hydrogen-bond acceptors (Lipinski definition) is 3. The number of piperidine rings is 1. The molecule has 1 aromatic carbocycles. The first-order valence-electron chi connectivity index (χ1n) is 9.99. The van der Waals surface area contributed by atoms with Gasteiger partial charge in [0.05, 0.1) is 6.04 Å². The molecule has 1 fully saturated rings. The molecule has 1 saturated heterocycles. The Morgan fingerprint density at radius 3 is 2.52 bits per heavy atom. The first-order chi connectivity index (χ1) is 13.8. The van der Waals surface area contributed by atoms with Crippen molar-refractivity contribution in [2.45, 2.75) is 63.3 Å². The fourth-order valence-electron chi connectivity index (χ4n) is 3.44. The molecule has 1 atom stereocenters. The van der Waals surface area contributed by atoms with Crippen LogP contribution >= 0.6 is 0 Å². The van der Waals surface area contributed by atoms with Gasteiger partial charge in [-0.2, -0.15) is 8.78 Å².